The Labute approximate surface area is 115 Å². The van der Waals surface area contributed by atoms with E-state index in [9.17, 15) is 4.79 Å². The van der Waals surface area contributed by atoms with Crippen LogP contribution in [-0.2, 0) is 0 Å². The number of ether oxygens (including phenoxy) is 1. The summed E-state index contributed by atoms with van der Waals surface area (Å²) in [5.41, 5.74) is 7.50. The molecule has 102 valence electrons. The van der Waals surface area contributed by atoms with Crippen molar-refractivity contribution in [3.05, 3.63) is 47.9 Å². The Morgan fingerprint density at radius 3 is 3.10 bits per heavy atom. The van der Waals surface area contributed by atoms with Gasteiger partial charge < -0.3 is 15.8 Å². The van der Waals surface area contributed by atoms with E-state index >= 15 is 0 Å². The lowest BCUT2D eigenvalue weighted by Crippen LogP contribution is -2.19. The highest BCUT2D eigenvalue weighted by atomic mass is 16.5. The Hall–Kier alpha value is -2.76. The number of hydrogen-bond acceptors (Lipinski definition) is 4. The first kappa shape index (κ1) is 12.3. The fraction of sp³-hybridized carbons (Fsp3) is 0.143. The minimum Gasteiger partial charge on any atom is -0.497 e. The molecule has 0 aliphatic carbocycles. The molecule has 0 bridgehead atoms. The normalized spacial score (nSPS) is 13.2. The molecular weight excluding hydrogens is 256 g/mol. The van der Waals surface area contributed by atoms with Crippen molar-refractivity contribution in [2.24, 2.45) is 5.73 Å². The quantitative estimate of drug-likeness (QED) is 0.880. The first-order valence-corrected chi connectivity index (χ1v) is 6.16. The minimum atomic E-state index is -0.543. The molecule has 2 heterocycles. The molecule has 6 heteroatoms. The molecule has 0 spiro atoms. The SMILES string of the molecule is COc1cccc(C2=CCNc3c(C(N)=O)ncn32)c1. The second-order valence-corrected chi connectivity index (χ2v) is 4.38. The van der Waals surface area contributed by atoms with Crippen molar-refractivity contribution in [1.29, 1.82) is 0 Å². The van der Waals surface area contributed by atoms with Crippen LogP contribution < -0.4 is 15.8 Å². The second-order valence-electron chi connectivity index (χ2n) is 4.38. The van der Waals surface area contributed by atoms with Crippen LogP contribution in [0.5, 0.6) is 5.75 Å². The lowest BCUT2D eigenvalue weighted by atomic mass is 10.1. The number of fused-ring (bicyclic) bond motifs is 1. The van der Waals surface area contributed by atoms with Crippen molar-refractivity contribution in [1.82, 2.24) is 9.55 Å². The summed E-state index contributed by atoms with van der Waals surface area (Å²) in [6.45, 7) is 0.610. The van der Waals surface area contributed by atoms with Crippen molar-refractivity contribution in [2.45, 2.75) is 0 Å². The van der Waals surface area contributed by atoms with Gasteiger partial charge in [0.25, 0.3) is 5.91 Å². The molecule has 20 heavy (non-hydrogen) atoms. The van der Waals surface area contributed by atoms with Gasteiger partial charge in [-0.25, -0.2) is 4.98 Å². The van der Waals surface area contributed by atoms with Crippen LogP contribution in [0.4, 0.5) is 5.82 Å². The number of aromatic nitrogens is 2. The highest BCUT2D eigenvalue weighted by molar-refractivity contribution is 5.97. The van der Waals surface area contributed by atoms with Gasteiger partial charge in [-0.05, 0) is 18.2 Å². The number of rotatable bonds is 3. The lowest BCUT2D eigenvalue weighted by molar-refractivity contribution is 0.0997. The van der Waals surface area contributed by atoms with Crippen LogP contribution in [0, 0.1) is 0 Å². The van der Waals surface area contributed by atoms with Gasteiger partial charge in [0.15, 0.2) is 5.69 Å². The molecule has 0 saturated carbocycles. The Kier molecular flexibility index (Phi) is 2.90. The van der Waals surface area contributed by atoms with E-state index in [0.29, 0.717) is 12.4 Å². The summed E-state index contributed by atoms with van der Waals surface area (Å²) in [7, 11) is 1.63. The van der Waals surface area contributed by atoms with Gasteiger partial charge in [0, 0.05) is 12.1 Å². The Bertz CT molecular complexity index is 703. The maximum Gasteiger partial charge on any atom is 0.271 e. The number of nitrogens with zero attached hydrogens (tertiary/aromatic N) is 2. The first-order chi connectivity index (χ1) is 9.70. The van der Waals surface area contributed by atoms with Crippen LogP contribution in [-0.4, -0.2) is 29.1 Å². The topological polar surface area (TPSA) is 82.2 Å². The minimum absolute atomic E-state index is 0.249. The monoisotopic (exact) mass is 270 g/mol. The highest BCUT2D eigenvalue weighted by Crippen LogP contribution is 2.28. The van der Waals surface area contributed by atoms with Gasteiger partial charge in [-0.2, -0.15) is 0 Å². The molecule has 3 rings (SSSR count). The number of primary amides is 1. The zero-order valence-electron chi connectivity index (χ0n) is 11.0. The fourth-order valence-corrected chi connectivity index (χ4v) is 2.26. The van der Waals surface area contributed by atoms with Gasteiger partial charge in [-0.3, -0.25) is 9.36 Å². The molecular formula is C14H14N4O2. The summed E-state index contributed by atoms with van der Waals surface area (Å²) in [6.07, 6.45) is 3.61. The van der Waals surface area contributed by atoms with E-state index in [4.69, 9.17) is 10.5 Å². The van der Waals surface area contributed by atoms with Crippen LogP contribution in [0.1, 0.15) is 16.1 Å². The maximum atomic E-state index is 11.3. The zero-order valence-corrected chi connectivity index (χ0v) is 11.0. The number of nitrogens with one attached hydrogen (secondary N) is 1. The van der Waals surface area contributed by atoms with Crippen LogP contribution >= 0.6 is 0 Å². The predicted octanol–water partition coefficient (Wildman–Crippen LogP) is 1.31. The third-order valence-electron chi connectivity index (χ3n) is 3.19. The Balaban J connectivity index is 2.08. The number of anilines is 1. The molecule has 6 nitrogen and oxygen atoms in total. The van der Waals surface area contributed by atoms with Gasteiger partial charge in [0.1, 0.15) is 17.9 Å². The maximum absolute atomic E-state index is 11.3. The molecule has 0 saturated heterocycles. The highest BCUT2D eigenvalue weighted by Gasteiger charge is 2.20. The summed E-state index contributed by atoms with van der Waals surface area (Å²) in [5.74, 6) is 0.856. The molecule has 1 aliphatic rings. The number of hydrogen-bond donors (Lipinski definition) is 2. The first-order valence-electron chi connectivity index (χ1n) is 6.16. The number of benzene rings is 1. The summed E-state index contributed by atoms with van der Waals surface area (Å²) in [4.78, 5) is 15.4. The number of carbonyl (C=O) groups excluding carboxylic acids is 1. The van der Waals surface area contributed by atoms with E-state index in [2.05, 4.69) is 10.3 Å². The van der Waals surface area contributed by atoms with E-state index in [0.717, 1.165) is 17.0 Å². The fourth-order valence-electron chi connectivity index (χ4n) is 2.26. The summed E-state index contributed by atoms with van der Waals surface area (Å²) >= 11 is 0. The van der Waals surface area contributed by atoms with Crippen molar-refractivity contribution >= 4 is 17.4 Å². The van der Waals surface area contributed by atoms with Gasteiger partial charge in [-0.15, -0.1) is 0 Å². The van der Waals surface area contributed by atoms with E-state index in [1.54, 1.807) is 13.4 Å². The lowest BCUT2D eigenvalue weighted by Gasteiger charge is -2.19. The van der Waals surface area contributed by atoms with E-state index in [-0.39, 0.29) is 5.69 Å². The molecule has 1 aromatic carbocycles. The average molecular weight is 270 g/mol. The molecule has 0 radical (unpaired) electrons. The number of nitrogens with two attached hydrogens (primary N) is 1. The number of amides is 1. The third-order valence-corrected chi connectivity index (χ3v) is 3.19. The van der Waals surface area contributed by atoms with Gasteiger partial charge >= 0.3 is 0 Å². The molecule has 2 aromatic rings. The number of imidazole rings is 1. The van der Waals surface area contributed by atoms with Crippen molar-refractivity contribution in [2.75, 3.05) is 19.0 Å². The van der Waals surface area contributed by atoms with E-state index in [1.807, 2.05) is 34.9 Å². The predicted molar refractivity (Wildman–Crippen MR) is 75.6 cm³/mol. The van der Waals surface area contributed by atoms with Gasteiger partial charge in [-0.1, -0.05) is 12.1 Å². The molecule has 3 N–H and O–H groups in total. The number of carbonyl (C=O) groups is 1. The van der Waals surface area contributed by atoms with Crippen LogP contribution in [0.3, 0.4) is 0 Å². The molecule has 1 aromatic heterocycles. The average Bonchev–Trinajstić information content (AvgIpc) is 2.91. The Morgan fingerprint density at radius 1 is 1.50 bits per heavy atom. The van der Waals surface area contributed by atoms with Crippen molar-refractivity contribution in [3.63, 3.8) is 0 Å². The standard InChI is InChI=1S/C14H14N4O2/c1-20-10-4-2-3-9(7-10)11-5-6-16-14-12(13(15)19)17-8-18(11)14/h2-5,7-8,16H,6H2,1H3,(H2,15,19). The van der Waals surface area contributed by atoms with Gasteiger partial charge in [0.2, 0.25) is 0 Å². The third kappa shape index (κ3) is 1.91. The molecule has 0 atom stereocenters. The van der Waals surface area contributed by atoms with Crippen molar-refractivity contribution < 1.29 is 9.53 Å². The van der Waals surface area contributed by atoms with Crippen molar-refractivity contribution in [3.8, 4) is 5.75 Å². The summed E-state index contributed by atoms with van der Waals surface area (Å²) in [5, 5.41) is 3.11. The molecule has 0 fully saturated rings. The van der Waals surface area contributed by atoms with Gasteiger partial charge in [0.05, 0.1) is 12.8 Å². The Morgan fingerprint density at radius 2 is 2.35 bits per heavy atom. The van der Waals surface area contributed by atoms with Crippen LogP contribution in [0.15, 0.2) is 36.7 Å². The van der Waals surface area contributed by atoms with E-state index in [1.165, 1.54) is 0 Å². The second kappa shape index (κ2) is 4.73. The largest absolute Gasteiger partial charge is 0.497 e. The zero-order chi connectivity index (χ0) is 14.1. The number of methoxy groups -OCH3 is 1. The van der Waals surface area contributed by atoms with Crippen LogP contribution in [0.25, 0.3) is 5.70 Å². The van der Waals surface area contributed by atoms with E-state index < -0.39 is 5.91 Å². The molecule has 1 amide bonds. The summed E-state index contributed by atoms with van der Waals surface area (Å²) < 4.78 is 7.05. The van der Waals surface area contributed by atoms with Crippen LogP contribution in [0.2, 0.25) is 0 Å². The molecule has 1 aliphatic heterocycles. The molecule has 0 unspecified atom stereocenters. The summed E-state index contributed by atoms with van der Waals surface area (Å²) in [6, 6.07) is 7.72. The smallest absolute Gasteiger partial charge is 0.271 e.